The predicted octanol–water partition coefficient (Wildman–Crippen LogP) is 1.69. The van der Waals surface area contributed by atoms with Crippen LogP contribution in [0.25, 0.3) is 0 Å². The van der Waals surface area contributed by atoms with Crippen molar-refractivity contribution in [1.82, 2.24) is 9.72 Å². The Bertz CT molecular complexity index is 797. The highest BCUT2D eigenvalue weighted by Gasteiger charge is 2.20. The molecule has 0 aromatic carbocycles. The van der Waals surface area contributed by atoms with Gasteiger partial charge in [-0.05, 0) is 6.92 Å². The van der Waals surface area contributed by atoms with E-state index in [1.165, 1.54) is 4.57 Å². The molecule has 130 valence electrons. The van der Waals surface area contributed by atoms with Gasteiger partial charge in [0.2, 0.25) is 5.88 Å². The molecule has 0 spiro atoms. The van der Waals surface area contributed by atoms with E-state index >= 15 is 0 Å². The molecule has 0 bridgehead atoms. The third-order valence-corrected chi connectivity index (χ3v) is 4.05. The topological polar surface area (TPSA) is 103 Å². The van der Waals surface area contributed by atoms with Gasteiger partial charge in [-0.25, -0.2) is 0 Å². The number of aromatic nitrogens is 2. The summed E-state index contributed by atoms with van der Waals surface area (Å²) in [6.45, 7) is 6.92. The zero-order valence-electron chi connectivity index (χ0n) is 13.9. The van der Waals surface area contributed by atoms with Gasteiger partial charge in [0.15, 0.2) is 6.61 Å². The first-order chi connectivity index (χ1) is 11.2. The molecule has 2 heterocycles. The molecule has 0 saturated heterocycles. The summed E-state index contributed by atoms with van der Waals surface area (Å²) in [7, 11) is 0. The summed E-state index contributed by atoms with van der Waals surface area (Å²) in [5.74, 6) is -1.03. The van der Waals surface area contributed by atoms with E-state index in [0.29, 0.717) is 11.4 Å². The molecule has 1 amide bonds. The smallest absolute Gasteiger partial charge is 0.326 e. The van der Waals surface area contributed by atoms with Gasteiger partial charge in [-0.3, -0.25) is 24.3 Å². The van der Waals surface area contributed by atoms with E-state index in [4.69, 9.17) is 9.26 Å². The van der Waals surface area contributed by atoms with Crippen molar-refractivity contribution < 1.29 is 18.8 Å². The fourth-order valence-corrected chi connectivity index (χ4v) is 2.51. The summed E-state index contributed by atoms with van der Waals surface area (Å²) in [5, 5.41) is 7.98. The molecule has 0 aliphatic rings. The number of thiazole rings is 1. The van der Waals surface area contributed by atoms with Crippen molar-refractivity contribution in [2.75, 3.05) is 11.9 Å². The molecule has 8 nitrogen and oxygen atoms in total. The first kappa shape index (κ1) is 17.9. The second-order valence-corrected chi connectivity index (χ2v) is 7.09. The van der Waals surface area contributed by atoms with Gasteiger partial charge in [0.1, 0.15) is 6.54 Å². The van der Waals surface area contributed by atoms with Gasteiger partial charge in [-0.15, -0.1) is 0 Å². The maximum atomic E-state index is 11.8. The van der Waals surface area contributed by atoms with Gasteiger partial charge in [-0.1, -0.05) is 37.3 Å². The van der Waals surface area contributed by atoms with Crippen LogP contribution in [0.1, 0.15) is 32.2 Å². The van der Waals surface area contributed by atoms with Gasteiger partial charge in [0.05, 0.1) is 5.69 Å². The molecule has 2 aromatic heterocycles. The van der Waals surface area contributed by atoms with Crippen molar-refractivity contribution in [3.63, 3.8) is 0 Å². The van der Waals surface area contributed by atoms with Crippen molar-refractivity contribution in [1.29, 1.82) is 0 Å². The number of rotatable bonds is 5. The van der Waals surface area contributed by atoms with Crippen molar-refractivity contribution in [2.24, 2.45) is 0 Å². The Morgan fingerprint density at radius 3 is 2.67 bits per heavy atom. The van der Waals surface area contributed by atoms with Gasteiger partial charge in [0, 0.05) is 22.6 Å². The van der Waals surface area contributed by atoms with Crippen LogP contribution >= 0.6 is 11.3 Å². The number of hydrogen-bond donors (Lipinski definition) is 1. The van der Waals surface area contributed by atoms with Gasteiger partial charge >= 0.3 is 10.8 Å². The Balaban J connectivity index is 1.84. The maximum absolute atomic E-state index is 11.8. The molecule has 0 aliphatic heterocycles. The zero-order valence-corrected chi connectivity index (χ0v) is 14.7. The molecule has 0 atom stereocenters. The number of nitrogens with zero attached hydrogens (tertiary/aromatic N) is 2. The Morgan fingerprint density at radius 2 is 2.12 bits per heavy atom. The fourth-order valence-electron chi connectivity index (χ4n) is 1.78. The van der Waals surface area contributed by atoms with Gasteiger partial charge in [0.25, 0.3) is 5.91 Å². The van der Waals surface area contributed by atoms with E-state index < -0.39 is 18.5 Å². The number of hydrogen-bond acceptors (Lipinski definition) is 7. The highest BCUT2D eigenvalue weighted by molar-refractivity contribution is 7.07. The summed E-state index contributed by atoms with van der Waals surface area (Å²) >= 11 is 1.00. The Hall–Kier alpha value is -2.42. The van der Waals surface area contributed by atoms with Crippen LogP contribution in [-0.2, 0) is 26.3 Å². The second kappa shape index (κ2) is 7.00. The number of anilines is 1. The van der Waals surface area contributed by atoms with E-state index in [0.717, 1.165) is 11.3 Å². The molecule has 0 aliphatic carbocycles. The molecule has 9 heteroatoms. The molecule has 0 fully saturated rings. The van der Waals surface area contributed by atoms with Gasteiger partial charge in [-0.2, -0.15) is 0 Å². The SMILES string of the molecule is Cc1csc(=O)n1CC(=O)OCC(=O)Nc1cc(C(C)(C)C)no1. The number of ether oxygens (including phenoxy) is 1. The third-order valence-electron chi connectivity index (χ3n) is 3.17. The van der Waals surface area contributed by atoms with E-state index in [-0.39, 0.29) is 22.7 Å². The van der Waals surface area contributed by atoms with Crippen molar-refractivity contribution in [2.45, 2.75) is 39.7 Å². The number of amides is 1. The summed E-state index contributed by atoms with van der Waals surface area (Å²) < 4.78 is 11.2. The standard InChI is InChI=1S/C15H19N3O5S/c1-9-8-24-14(21)18(9)6-13(20)22-7-11(19)16-12-5-10(17-23-12)15(2,3)4/h5,8H,6-7H2,1-4H3,(H,16,19). The molecule has 0 saturated carbocycles. The predicted molar refractivity (Wildman–Crippen MR) is 88.1 cm³/mol. The maximum Gasteiger partial charge on any atom is 0.326 e. The molecule has 24 heavy (non-hydrogen) atoms. The van der Waals surface area contributed by atoms with Crippen LogP contribution in [0.3, 0.4) is 0 Å². The van der Waals surface area contributed by atoms with Crippen molar-refractivity contribution in [3.05, 3.63) is 32.5 Å². The van der Waals surface area contributed by atoms with E-state index in [1.807, 2.05) is 20.8 Å². The molecule has 0 radical (unpaired) electrons. The van der Waals surface area contributed by atoms with Gasteiger partial charge < -0.3 is 9.26 Å². The first-order valence-electron chi connectivity index (χ1n) is 7.24. The number of nitrogens with one attached hydrogen (secondary N) is 1. The Kier molecular flexibility index (Phi) is 5.23. The van der Waals surface area contributed by atoms with Crippen molar-refractivity contribution >= 4 is 29.1 Å². The van der Waals surface area contributed by atoms with Crippen LogP contribution in [0.15, 0.2) is 20.8 Å². The fraction of sp³-hybridized carbons (Fsp3) is 0.467. The molecule has 2 aromatic rings. The zero-order chi connectivity index (χ0) is 17.9. The lowest BCUT2D eigenvalue weighted by atomic mass is 9.92. The normalized spacial score (nSPS) is 11.3. The highest BCUT2D eigenvalue weighted by atomic mass is 32.1. The summed E-state index contributed by atoms with van der Waals surface area (Å²) in [4.78, 5) is 34.8. The lowest BCUT2D eigenvalue weighted by molar-refractivity contribution is -0.148. The summed E-state index contributed by atoms with van der Waals surface area (Å²) in [6.07, 6.45) is 0. The van der Waals surface area contributed by atoms with Crippen molar-refractivity contribution in [3.8, 4) is 0 Å². The van der Waals surface area contributed by atoms with Crippen LogP contribution in [0, 0.1) is 6.92 Å². The monoisotopic (exact) mass is 353 g/mol. The van der Waals surface area contributed by atoms with Crippen LogP contribution in [0.5, 0.6) is 0 Å². The molecule has 1 N–H and O–H groups in total. The average molecular weight is 353 g/mol. The third kappa shape index (κ3) is 4.54. The number of carbonyl (C=O) groups is 2. The molecule has 2 rings (SSSR count). The van der Waals surface area contributed by atoms with Crippen LogP contribution < -0.4 is 10.2 Å². The van der Waals surface area contributed by atoms with Crippen LogP contribution in [-0.4, -0.2) is 28.2 Å². The van der Waals surface area contributed by atoms with Crippen LogP contribution in [0.4, 0.5) is 5.88 Å². The molecule has 0 unspecified atom stereocenters. The number of carbonyl (C=O) groups excluding carboxylic acids is 2. The summed E-state index contributed by atoms with van der Waals surface area (Å²) in [6, 6.07) is 1.62. The number of aryl methyl sites for hydroxylation is 1. The summed E-state index contributed by atoms with van der Waals surface area (Å²) in [5.41, 5.74) is 1.16. The number of esters is 1. The minimum atomic E-state index is -0.665. The lowest BCUT2D eigenvalue weighted by Crippen LogP contribution is -2.26. The Morgan fingerprint density at radius 1 is 1.42 bits per heavy atom. The van der Waals surface area contributed by atoms with Crippen LogP contribution in [0.2, 0.25) is 0 Å². The lowest BCUT2D eigenvalue weighted by Gasteiger charge is -2.12. The van der Waals surface area contributed by atoms with E-state index in [1.54, 1.807) is 18.4 Å². The minimum absolute atomic E-state index is 0.186. The first-order valence-corrected chi connectivity index (χ1v) is 8.12. The molecular formula is C15H19N3O5S. The quantitative estimate of drug-likeness (QED) is 0.820. The van der Waals surface area contributed by atoms with E-state index in [2.05, 4.69) is 10.5 Å². The molecular weight excluding hydrogens is 334 g/mol. The highest BCUT2D eigenvalue weighted by Crippen LogP contribution is 2.23. The Labute approximate surface area is 142 Å². The minimum Gasteiger partial charge on any atom is -0.454 e. The second-order valence-electron chi connectivity index (χ2n) is 6.26. The average Bonchev–Trinajstić information content (AvgIpc) is 3.07. The largest absolute Gasteiger partial charge is 0.454 e. The van der Waals surface area contributed by atoms with E-state index in [9.17, 15) is 14.4 Å².